The van der Waals surface area contributed by atoms with E-state index in [1.165, 1.54) is 18.2 Å². The number of ketones is 1. The van der Waals surface area contributed by atoms with Crippen LogP contribution in [0.5, 0.6) is 5.75 Å². The second-order valence-electron chi connectivity index (χ2n) is 5.05. The minimum absolute atomic E-state index is 0.115. The van der Waals surface area contributed by atoms with Gasteiger partial charge in [0.2, 0.25) is 0 Å². The second kappa shape index (κ2) is 6.95. The normalized spacial score (nSPS) is 11.1. The number of benzene rings is 2. The second-order valence-corrected chi connectivity index (χ2v) is 5.83. The highest BCUT2D eigenvalue weighted by molar-refractivity contribution is 6.43. The van der Waals surface area contributed by atoms with Crippen LogP contribution in [0.3, 0.4) is 0 Å². The Hall–Kier alpha value is -2.49. The molecule has 3 rings (SSSR count). The molecule has 0 saturated heterocycles. The summed E-state index contributed by atoms with van der Waals surface area (Å²) in [6.45, 7) is 0. The van der Waals surface area contributed by atoms with E-state index < -0.39 is 0 Å². The molecule has 1 heterocycles. The fourth-order valence-corrected chi connectivity index (χ4v) is 2.55. The van der Waals surface area contributed by atoms with E-state index >= 15 is 0 Å². The van der Waals surface area contributed by atoms with Crippen LogP contribution in [0.1, 0.15) is 16.1 Å². The predicted octanol–water partition coefficient (Wildman–Crippen LogP) is 5.86. The number of carbonyl (C=O) groups is 1. The highest BCUT2D eigenvalue weighted by atomic mass is 35.5. The summed E-state index contributed by atoms with van der Waals surface area (Å²) in [7, 11) is 0. The summed E-state index contributed by atoms with van der Waals surface area (Å²) in [6, 6.07) is 14.9. The van der Waals surface area contributed by atoms with Gasteiger partial charge in [0.25, 0.3) is 0 Å². The Morgan fingerprint density at radius 3 is 2.50 bits per heavy atom. The lowest BCUT2D eigenvalue weighted by Gasteiger charge is -2.01. The van der Waals surface area contributed by atoms with Gasteiger partial charge in [0.05, 0.1) is 10.0 Å². The maximum Gasteiger partial charge on any atom is 0.185 e. The molecule has 0 spiro atoms. The molecule has 1 N–H and O–H groups in total. The summed E-state index contributed by atoms with van der Waals surface area (Å²) >= 11 is 12.2. The van der Waals surface area contributed by atoms with Gasteiger partial charge in [-0.15, -0.1) is 0 Å². The van der Waals surface area contributed by atoms with E-state index in [2.05, 4.69) is 0 Å². The molecule has 0 bridgehead atoms. The molecule has 0 atom stereocenters. The van der Waals surface area contributed by atoms with Gasteiger partial charge in [-0.2, -0.15) is 0 Å². The molecule has 0 aliphatic rings. The first kappa shape index (κ1) is 16.4. The van der Waals surface area contributed by atoms with Crippen LogP contribution in [-0.2, 0) is 0 Å². The van der Waals surface area contributed by atoms with E-state index in [0.29, 0.717) is 32.7 Å². The SMILES string of the molecule is O=C(/C=C/c1ccc(-c2cccc(Cl)c2Cl)o1)c1ccc(O)cc1. The predicted molar refractivity (Wildman–Crippen MR) is 95.6 cm³/mol. The Balaban J connectivity index is 1.80. The number of rotatable bonds is 4. The van der Waals surface area contributed by atoms with Gasteiger partial charge >= 0.3 is 0 Å². The summed E-state index contributed by atoms with van der Waals surface area (Å²) in [6.07, 6.45) is 2.99. The molecule has 0 radical (unpaired) electrons. The first-order chi connectivity index (χ1) is 11.5. The molecule has 2 aromatic carbocycles. The van der Waals surface area contributed by atoms with Crippen molar-refractivity contribution < 1.29 is 14.3 Å². The topological polar surface area (TPSA) is 50.4 Å². The van der Waals surface area contributed by atoms with Crippen LogP contribution in [-0.4, -0.2) is 10.9 Å². The lowest BCUT2D eigenvalue weighted by atomic mass is 10.1. The Morgan fingerprint density at radius 1 is 1.00 bits per heavy atom. The highest BCUT2D eigenvalue weighted by Crippen LogP contribution is 2.34. The smallest absolute Gasteiger partial charge is 0.185 e. The largest absolute Gasteiger partial charge is 0.508 e. The Morgan fingerprint density at radius 2 is 1.75 bits per heavy atom. The van der Waals surface area contributed by atoms with Crippen LogP contribution >= 0.6 is 23.2 Å². The summed E-state index contributed by atoms with van der Waals surface area (Å²) in [5, 5.41) is 10.1. The number of aromatic hydroxyl groups is 1. The quantitative estimate of drug-likeness (QED) is 0.469. The number of phenols is 1. The van der Waals surface area contributed by atoms with Crippen LogP contribution in [0.4, 0.5) is 0 Å². The minimum Gasteiger partial charge on any atom is -0.508 e. The fraction of sp³-hybridized carbons (Fsp3) is 0. The lowest BCUT2D eigenvalue weighted by molar-refractivity contribution is 0.104. The number of halogens is 2. The summed E-state index contributed by atoms with van der Waals surface area (Å²) in [5.41, 5.74) is 1.17. The summed E-state index contributed by atoms with van der Waals surface area (Å²) < 4.78 is 5.69. The van der Waals surface area contributed by atoms with Crippen LogP contribution in [0.25, 0.3) is 17.4 Å². The molecule has 5 heteroatoms. The fourth-order valence-electron chi connectivity index (χ4n) is 2.16. The zero-order chi connectivity index (χ0) is 17.1. The van der Waals surface area contributed by atoms with Crippen LogP contribution in [0, 0.1) is 0 Å². The monoisotopic (exact) mass is 358 g/mol. The third-order valence-electron chi connectivity index (χ3n) is 3.39. The molecule has 24 heavy (non-hydrogen) atoms. The van der Waals surface area contributed by atoms with Gasteiger partial charge in [0.1, 0.15) is 17.3 Å². The number of hydrogen-bond acceptors (Lipinski definition) is 3. The van der Waals surface area contributed by atoms with Gasteiger partial charge in [0, 0.05) is 11.1 Å². The molecule has 0 aliphatic carbocycles. The van der Waals surface area contributed by atoms with E-state index in [4.69, 9.17) is 27.6 Å². The van der Waals surface area contributed by atoms with Crippen molar-refractivity contribution >= 4 is 35.1 Å². The maximum atomic E-state index is 12.1. The molecule has 0 amide bonds. The molecule has 1 aromatic heterocycles. The van der Waals surface area contributed by atoms with Crippen molar-refractivity contribution in [1.29, 1.82) is 0 Å². The average Bonchev–Trinajstić information content (AvgIpc) is 3.04. The lowest BCUT2D eigenvalue weighted by Crippen LogP contribution is -1.92. The molecule has 0 saturated carbocycles. The number of carbonyl (C=O) groups excluding carboxylic acids is 1. The van der Waals surface area contributed by atoms with Gasteiger partial charge in [-0.3, -0.25) is 4.79 Å². The van der Waals surface area contributed by atoms with Crippen molar-refractivity contribution in [1.82, 2.24) is 0 Å². The van der Waals surface area contributed by atoms with E-state index in [-0.39, 0.29) is 11.5 Å². The van der Waals surface area contributed by atoms with E-state index in [1.807, 2.05) is 6.07 Å². The minimum atomic E-state index is -0.186. The highest BCUT2D eigenvalue weighted by Gasteiger charge is 2.10. The summed E-state index contributed by atoms with van der Waals surface area (Å²) in [4.78, 5) is 12.1. The molecule has 3 nitrogen and oxygen atoms in total. The first-order valence-electron chi connectivity index (χ1n) is 7.10. The van der Waals surface area contributed by atoms with Crippen molar-refractivity contribution in [2.24, 2.45) is 0 Å². The Kier molecular flexibility index (Phi) is 4.74. The first-order valence-corrected chi connectivity index (χ1v) is 7.86. The molecule has 0 aliphatic heterocycles. The van der Waals surface area contributed by atoms with Gasteiger partial charge in [-0.25, -0.2) is 0 Å². The molecule has 0 fully saturated rings. The van der Waals surface area contributed by atoms with Crippen LogP contribution < -0.4 is 0 Å². The Bertz CT molecular complexity index is 909. The van der Waals surface area contributed by atoms with Crippen molar-refractivity contribution in [2.45, 2.75) is 0 Å². The third-order valence-corrected chi connectivity index (χ3v) is 4.21. The molecule has 120 valence electrons. The zero-order valence-corrected chi connectivity index (χ0v) is 13.9. The number of phenolic OH excluding ortho intramolecular Hbond substituents is 1. The van der Waals surface area contributed by atoms with Crippen molar-refractivity contribution in [3.8, 4) is 17.1 Å². The van der Waals surface area contributed by atoms with Crippen molar-refractivity contribution in [3.05, 3.63) is 82.0 Å². The number of hydrogen-bond donors (Lipinski definition) is 1. The standard InChI is InChI=1S/C19H12Cl2O3/c20-16-3-1-2-15(19(16)21)18-11-9-14(24-18)8-10-17(23)12-4-6-13(22)7-5-12/h1-11,22H/b10-8+. The van der Waals surface area contributed by atoms with E-state index in [0.717, 1.165) is 0 Å². The molecular weight excluding hydrogens is 347 g/mol. The zero-order valence-electron chi connectivity index (χ0n) is 12.4. The van der Waals surface area contributed by atoms with E-state index in [1.54, 1.807) is 42.5 Å². The third kappa shape index (κ3) is 3.53. The van der Waals surface area contributed by atoms with Crippen LogP contribution in [0.2, 0.25) is 10.0 Å². The average molecular weight is 359 g/mol. The van der Waals surface area contributed by atoms with Gasteiger partial charge in [-0.05, 0) is 60.7 Å². The number of furan rings is 1. The molecular formula is C19H12Cl2O3. The van der Waals surface area contributed by atoms with Gasteiger partial charge in [-0.1, -0.05) is 29.3 Å². The van der Waals surface area contributed by atoms with Gasteiger partial charge < -0.3 is 9.52 Å². The Labute approximate surface area is 148 Å². The molecule has 3 aromatic rings. The van der Waals surface area contributed by atoms with Crippen molar-refractivity contribution in [2.75, 3.05) is 0 Å². The van der Waals surface area contributed by atoms with E-state index in [9.17, 15) is 9.90 Å². The summed E-state index contributed by atoms with van der Waals surface area (Å²) in [5.74, 6) is 1.02. The maximum absolute atomic E-state index is 12.1. The van der Waals surface area contributed by atoms with Crippen molar-refractivity contribution in [3.63, 3.8) is 0 Å². The van der Waals surface area contributed by atoms with Crippen LogP contribution in [0.15, 0.2) is 65.1 Å². The number of allylic oxidation sites excluding steroid dienone is 1. The van der Waals surface area contributed by atoms with Gasteiger partial charge in [0.15, 0.2) is 5.78 Å². The molecule has 0 unspecified atom stereocenters.